The molecule has 0 atom stereocenters. The van der Waals surface area contributed by atoms with E-state index in [2.05, 4.69) is 0 Å². The van der Waals surface area contributed by atoms with Crippen LogP contribution in [0.25, 0.3) is 0 Å². The molecule has 0 radical (unpaired) electrons. The van der Waals surface area contributed by atoms with Crippen molar-refractivity contribution in [3.8, 4) is 11.8 Å². The van der Waals surface area contributed by atoms with Crippen LogP contribution in [-0.4, -0.2) is 0 Å². The number of nitrogen functional groups attached to an aromatic ring is 1. The third-order valence-corrected chi connectivity index (χ3v) is 2.54. The van der Waals surface area contributed by atoms with Gasteiger partial charge in [0.05, 0.1) is 5.56 Å². The maximum absolute atomic E-state index is 13.7. The SMILES string of the molecule is N#Cc1cccc(COc2ccc(N)cc2F)c1F. The number of rotatable bonds is 3. The summed E-state index contributed by atoms with van der Waals surface area (Å²) >= 11 is 0. The molecule has 0 unspecified atom stereocenters. The highest BCUT2D eigenvalue weighted by molar-refractivity contribution is 5.43. The van der Waals surface area contributed by atoms with Crippen LogP contribution in [0, 0.1) is 23.0 Å². The molecule has 0 aliphatic rings. The summed E-state index contributed by atoms with van der Waals surface area (Å²) in [7, 11) is 0. The van der Waals surface area contributed by atoms with Crippen molar-refractivity contribution in [2.45, 2.75) is 6.61 Å². The van der Waals surface area contributed by atoms with Gasteiger partial charge < -0.3 is 10.5 Å². The van der Waals surface area contributed by atoms with Crippen molar-refractivity contribution in [2.24, 2.45) is 0 Å². The lowest BCUT2D eigenvalue weighted by Crippen LogP contribution is -2.01. The van der Waals surface area contributed by atoms with E-state index >= 15 is 0 Å². The van der Waals surface area contributed by atoms with Crippen LogP contribution in [0.2, 0.25) is 0 Å². The Labute approximate surface area is 108 Å². The summed E-state index contributed by atoms with van der Waals surface area (Å²) in [6.45, 7) is -0.164. The quantitative estimate of drug-likeness (QED) is 0.863. The van der Waals surface area contributed by atoms with Crippen LogP contribution in [0.4, 0.5) is 14.5 Å². The predicted molar refractivity (Wildman–Crippen MR) is 66.3 cm³/mol. The van der Waals surface area contributed by atoms with Crippen molar-refractivity contribution >= 4 is 5.69 Å². The summed E-state index contributed by atoms with van der Waals surface area (Å²) in [6.07, 6.45) is 0. The molecular formula is C14H10F2N2O. The fourth-order valence-electron chi connectivity index (χ4n) is 1.57. The molecule has 0 fully saturated rings. The van der Waals surface area contributed by atoms with E-state index in [1.165, 1.54) is 24.3 Å². The van der Waals surface area contributed by atoms with Gasteiger partial charge in [0, 0.05) is 17.3 Å². The first-order valence-corrected chi connectivity index (χ1v) is 5.47. The second-order valence-electron chi connectivity index (χ2n) is 3.87. The third kappa shape index (κ3) is 2.80. The van der Waals surface area contributed by atoms with Crippen LogP contribution in [0.1, 0.15) is 11.1 Å². The van der Waals surface area contributed by atoms with Crippen molar-refractivity contribution < 1.29 is 13.5 Å². The number of ether oxygens (including phenoxy) is 1. The van der Waals surface area contributed by atoms with E-state index in [1.54, 1.807) is 12.1 Å². The van der Waals surface area contributed by atoms with Gasteiger partial charge in [0.25, 0.3) is 0 Å². The molecule has 0 aliphatic carbocycles. The van der Waals surface area contributed by atoms with Crippen LogP contribution < -0.4 is 10.5 Å². The molecule has 96 valence electrons. The summed E-state index contributed by atoms with van der Waals surface area (Å²) in [5, 5.41) is 8.70. The molecule has 3 nitrogen and oxygen atoms in total. The van der Waals surface area contributed by atoms with Crippen LogP contribution in [0.15, 0.2) is 36.4 Å². The lowest BCUT2D eigenvalue weighted by molar-refractivity contribution is 0.285. The van der Waals surface area contributed by atoms with Crippen molar-refractivity contribution in [3.05, 3.63) is 59.2 Å². The highest BCUT2D eigenvalue weighted by Crippen LogP contribution is 2.21. The van der Waals surface area contributed by atoms with Crippen LogP contribution in [0.5, 0.6) is 5.75 Å². The van der Waals surface area contributed by atoms with Crippen molar-refractivity contribution in [2.75, 3.05) is 5.73 Å². The van der Waals surface area contributed by atoms with E-state index in [0.29, 0.717) is 0 Å². The zero-order chi connectivity index (χ0) is 13.8. The fraction of sp³-hybridized carbons (Fsp3) is 0.0714. The second-order valence-corrected chi connectivity index (χ2v) is 3.87. The molecule has 0 amide bonds. The molecule has 2 aromatic carbocycles. The summed E-state index contributed by atoms with van der Waals surface area (Å²) in [6, 6.07) is 10.1. The van der Waals surface area contributed by atoms with Gasteiger partial charge in [0.2, 0.25) is 0 Å². The number of nitrogens with zero attached hydrogens (tertiary/aromatic N) is 1. The highest BCUT2D eigenvalue weighted by Gasteiger charge is 2.09. The van der Waals surface area contributed by atoms with Crippen LogP contribution in [0.3, 0.4) is 0 Å². The van der Waals surface area contributed by atoms with Crippen molar-refractivity contribution in [3.63, 3.8) is 0 Å². The van der Waals surface area contributed by atoms with Gasteiger partial charge in [-0.05, 0) is 18.2 Å². The Morgan fingerprint density at radius 1 is 1.21 bits per heavy atom. The molecule has 0 saturated heterocycles. The number of hydrogen-bond donors (Lipinski definition) is 1. The minimum atomic E-state index is -0.652. The Morgan fingerprint density at radius 3 is 2.68 bits per heavy atom. The molecule has 0 aromatic heterocycles. The summed E-state index contributed by atoms with van der Waals surface area (Å²) in [5.41, 5.74) is 5.80. The maximum Gasteiger partial charge on any atom is 0.167 e. The van der Waals surface area contributed by atoms with Crippen molar-refractivity contribution in [1.82, 2.24) is 0 Å². The van der Waals surface area contributed by atoms with Gasteiger partial charge in [-0.1, -0.05) is 12.1 Å². The number of nitriles is 1. The molecule has 2 aromatic rings. The van der Waals surface area contributed by atoms with Gasteiger partial charge in [0.1, 0.15) is 18.5 Å². The van der Waals surface area contributed by atoms with Gasteiger partial charge in [-0.15, -0.1) is 0 Å². The molecule has 0 saturated carbocycles. The Morgan fingerprint density at radius 2 is 2.00 bits per heavy atom. The van der Waals surface area contributed by atoms with E-state index in [0.717, 1.165) is 6.07 Å². The molecule has 19 heavy (non-hydrogen) atoms. The summed E-state index contributed by atoms with van der Waals surface area (Å²) in [4.78, 5) is 0. The number of halogens is 2. The van der Waals surface area contributed by atoms with Crippen LogP contribution >= 0.6 is 0 Å². The Bertz CT molecular complexity index is 650. The van der Waals surface area contributed by atoms with E-state index in [1.807, 2.05) is 0 Å². The van der Waals surface area contributed by atoms with E-state index < -0.39 is 11.6 Å². The monoisotopic (exact) mass is 260 g/mol. The second kappa shape index (κ2) is 5.36. The first-order valence-electron chi connectivity index (χ1n) is 5.47. The number of anilines is 1. The van der Waals surface area contributed by atoms with Gasteiger partial charge in [-0.3, -0.25) is 0 Å². The minimum Gasteiger partial charge on any atom is -0.486 e. The third-order valence-electron chi connectivity index (χ3n) is 2.54. The molecule has 5 heteroatoms. The standard InChI is InChI=1S/C14H10F2N2O/c15-12-6-11(18)4-5-13(12)19-8-10-3-1-2-9(7-17)14(10)16/h1-6H,8,18H2. The molecule has 0 aliphatic heterocycles. The molecule has 2 rings (SSSR count). The molecule has 0 heterocycles. The van der Waals surface area contributed by atoms with Gasteiger partial charge >= 0.3 is 0 Å². The van der Waals surface area contributed by atoms with E-state index in [9.17, 15) is 8.78 Å². The Balaban J connectivity index is 2.17. The topological polar surface area (TPSA) is 59.0 Å². The maximum atomic E-state index is 13.7. The first-order chi connectivity index (χ1) is 9.11. The number of benzene rings is 2. The van der Waals surface area contributed by atoms with E-state index in [4.69, 9.17) is 15.7 Å². The lowest BCUT2D eigenvalue weighted by Gasteiger charge is -2.09. The Hall–Kier alpha value is -2.61. The average Bonchev–Trinajstić information content (AvgIpc) is 2.39. The predicted octanol–water partition coefficient (Wildman–Crippen LogP) is 3.00. The summed E-state index contributed by atoms with van der Waals surface area (Å²) in [5.74, 6) is -1.28. The van der Waals surface area contributed by atoms with Crippen LogP contribution in [-0.2, 0) is 6.61 Å². The number of hydrogen-bond acceptors (Lipinski definition) is 3. The van der Waals surface area contributed by atoms with Gasteiger partial charge in [-0.25, -0.2) is 8.78 Å². The molecule has 2 N–H and O–H groups in total. The minimum absolute atomic E-state index is 0.0176. The zero-order valence-electron chi connectivity index (χ0n) is 9.86. The molecular weight excluding hydrogens is 250 g/mol. The highest BCUT2D eigenvalue weighted by atomic mass is 19.1. The van der Waals surface area contributed by atoms with Gasteiger partial charge in [-0.2, -0.15) is 5.26 Å². The van der Waals surface area contributed by atoms with Crippen molar-refractivity contribution in [1.29, 1.82) is 5.26 Å². The lowest BCUT2D eigenvalue weighted by atomic mass is 10.1. The smallest absolute Gasteiger partial charge is 0.167 e. The first kappa shape index (κ1) is 12.8. The Kier molecular flexibility index (Phi) is 3.62. The van der Waals surface area contributed by atoms with Gasteiger partial charge in [0.15, 0.2) is 11.6 Å². The largest absolute Gasteiger partial charge is 0.486 e. The molecule has 0 spiro atoms. The number of nitrogens with two attached hydrogens (primary N) is 1. The zero-order valence-corrected chi connectivity index (χ0v) is 9.86. The fourth-order valence-corrected chi connectivity index (χ4v) is 1.57. The average molecular weight is 260 g/mol. The summed E-state index contributed by atoms with van der Waals surface area (Å²) < 4.78 is 32.4. The normalized spacial score (nSPS) is 9.95. The molecule has 0 bridgehead atoms. The van der Waals surface area contributed by atoms with E-state index in [-0.39, 0.29) is 29.2 Å².